The van der Waals surface area contributed by atoms with Gasteiger partial charge in [0, 0.05) is 24.4 Å². The highest BCUT2D eigenvalue weighted by Gasteiger charge is 2.42. The van der Waals surface area contributed by atoms with Gasteiger partial charge < -0.3 is 15.2 Å². The smallest absolute Gasteiger partial charge is 0.257 e. The highest BCUT2D eigenvalue weighted by atomic mass is 19.1. The Hall–Kier alpha value is -3.85. The molecule has 2 heterocycles. The van der Waals surface area contributed by atoms with Crippen molar-refractivity contribution >= 4 is 16.9 Å². The minimum absolute atomic E-state index is 0.0196. The number of rotatable bonds is 6. The third kappa shape index (κ3) is 3.82. The third-order valence-electron chi connectivity index (χ3n) is 5.21. The van der Waals surface area contributed by atoms with Gasteiger partial charge in [0.1, 0.15) is 28.2 Å². The van der Waals surface area contributed by atoms with E-state index in [0.29, 0.717) is 40.8 Å². The van der Waals surface area contributed by atoms with E-state index in [4.69, 9.17) is 4.74 Å². The van der Waals surface area contributed by atoms with Crippen LogP contribution in [0.2, 0.25) is 0 Å². The number of aliphatic hydroxyl groups is 1. The van der Waals surface area contributed by atoms with Crippen LogP contribution in [0.3, 0.4) is 0 Å². The minimum Gasteiger partial charge on any atom is -0.438 e. The summed E-state index contributed by atoms with van der Waals surface area (Å²) in [6.45, 7) is -0.0196. The molecule has 0 aliphatic heterocycles. The summed E-state index contributed by atoms with van der Waals surface area (Å²) in [5, 5.41) is 20.3. The van der Waals surface area contributed by atoms with Crippen molar-refractivity contribution in [2.45, 2.75) is 25.0 Å². The van der Waals surface area contributed by atoms with Crippen LogP contribution in [-0.4, -0.2) is 26.3 Å². The number of ether oxygens (including phenoxy) is 1. The Bertz CT molecular complexity index is 1290. The lowest BCUT2D eigenvalue weighted by Crippen LogP contribution is -2.24. The first-order chi connectivity index (χ1) is 15.0. The van der Waals surface area contributed by atoms with Crippen LogP contribution in [-0.2, 0) is 12.1 Å². The standard InChI is InChI=1S/C22H17FN4O4/c23-17-10-14(22(29)7-8-22)4-3-13(17)12-25-20(28)16-2-1-9-24-21(16)30-15-5-6-18-19(11-15)27-31-26-18/h1-6,9-11,29H,7-8,12H2,(H,25,28). The molecule has 1 aliphatic rings. The zero-order chi connectivity index (χ0) is 21.4. The van der Waals surface area contributed by atoms with Crippen molar-refractivity contribution in [3.05, 3.63) is 77.2 Å². The van der Waals surface area contributed by atoms with Crippen LogP contribution < -0.4 is 10.1 Å². The first kappa shape index (κ1) is 19.1. The summed E-state index contributed by atoms with van der Waals surface area (Å²) in [7, 11) is 0. The lowest BCUT2D eigenvalue weighted by Gasteiger charge is -2.12. The molecule has 0 unspecified atom stereocenters. The quantitative estimate of drug-likeness (QED) is 0.491. The summed E-state index contributed by atoms with van der Waals surface area (Å²) in [4.78, 5) is 16.9. The molecule has 0 atom stereocenters. The van der Waals surface area contributed by atoms with Crippen LogP contribution >= 0.6 is 0 Å². The molecule has 156 valence electrons. The topological polar surface area (TPSA) is 110 Å². The number of pyridine rings is 1. The Labute approximate surface area is 175 Å². The molecule has 5 rings (SSSR count). The van der Waals surface area contributed by atoms with Gasteiger partial charge in [-0.1, -0.05) is 12.1 Å². The van der Waals surface area contributed by atoms with Gasteiger partial charge in [0.05, 0.1) is 5.60 Å². The Balaban J connectivity index is 1.31. The minimum atomic E-state index is -0.907. The Kier molecular flexibility index (Phi) is 4.59. The van der Waals surface area contributed by atoms with Crippen LogP contribution in [0.15, 0.2) is 59.4 Å². The second kappa shape index (κ2) is 7.44. The number of nitrogens with zero attached hydrogens (tertiary/aromatic N) is 3. The normalized spacial score (nSPS) is 14.4. The van der Waals surface area contributed by atoms with Crippen LogP contribution in [0, 0.1) is 5.82 Å². The summed E-state index contributed by atoms with van der Waals surface area (Å²) in [6, 6.07) is 12.7. The van der Waals surface area contributed by atoms with Crippen LogP contribution in [0.25, 0.3) is 11.0 Å². The summed E-state index contributed by atoms with van der Waals surface area (Å²) in [6.07, 6.45) is 2.77. The molecule has 8 nitrogen and oxygen atoms in total. The van der Waals surface area contributed by atoms with E-state index in [-0.39, 0.29) is 18.0 Å². The first-order valence-electron chi connectivity index (χ1n) is 9.66. The summed E-state index contributed by atoms with van der Waals surface area (Å²) in [5.74, 6) is -0.426. The molecular weight excluding hydrogens is 403 g/mol. The number of carbonyl (C=O) groups excluding carboxylic acids is 1. The van der Waals surface area contributed by atoms with E-state index in [0.717, 1.165) is 0 Å². The van der Waals surface area contributed by atoms with Crippen molar-refractivity contribution in [3.8, 4) is 11.6 Å². The van der Waals surface area contributed by atoms with Crippen molar-refractivity contribution in [1.82, 2.24) is 20.6 Å². The fourth-order valence-electron chi connectivity index (χ4n) is 3.24. The Morgan fingerprint density at radius 2 is 2.00 bits per heavy atom. The molecule has 0 spiro atoms. The molecule has 1 saturated carbocycles. The van der Waals surface area contributed by atoms with Crippen LogP contribution in [0.1, 0.15) is 34.3 Å². The SMILES string of the molecule is O=C(NCc1ccc(C2(O)CC2)cc1F)c1cccnc1Oc1ccc2nonc2c1. The first-order valence-corrected chi connectivity index (χ1v) is 9.66. The maximum atomic E-state index is 14.4. The van der Waals surface area contributed by atoms with Crippen LogP contribution in [0.4, 0.5) is 4.39 Å². The fourth-order valence-corrected chi connectivity index (χ4v) is 3.24. The van der Waals surface area contributed by atoms with E-state index in [1.165, 1.54) is 12.3 Å². The van der Waals surface area contributed by atoms with Crippen molar-refractivity contribution in [1.29, 1.82) is 0 Å². The number of halogens is 1. The van der Waals surface area contributed by atoms with Gasteiger partial charge in [-0.25, -0.2) is 14.0 Å². The van der Waals surface area contributed by atoms with Crippen molar-refractivity contribution < 1.29 is 23.7 Å². The van der Waals surface area contributed by atoms with Gasteiger partial charge in [0.25, 0.3) is 5.91 Å². The van der Waals surface area contributed by atoms with E-state index >= 15 is 0 Å². The van der Waals surface area contributed by atoms with E-state index in [9.17, 15) is 14.3 Å². The van der Waals surface area contributed by atoms with Gasteiger partial charge in [0.15, 0.2) is 0 Å². The molecule has 0 saturated heterocycles. The maximum absolute atomic E-state index is 14.4. The molecular formula is C22H17FN4O4. The Morgan fingerprint density at radius 3 is 2.81 bits per heavy atom. The monoisotopic (exact) mass is 420 g/mol. The lowest BCUT2D eigenvalue weighted by atomic mass is 10.0. The number of benzene rings is 2. The second-order valence-corrected chi connectivity index (χ2v) is 7.39. The molecule has 2 aromatic carbocycles. The van der Waals surface area contributed by atoms with Crippen molar-refractivity contribution in [2.24, 2.45) is 0 Å². The molecule has 1 amide bonds. The molecule has 0 bridgehead atoms. The van der Waals surface area contributed by atoms with Crippen molar-refractivity contribution in [2.75, 3.05) is 0 Å². The molecule has 0 radical (unpaired) electrons. The number of hydrogen-bond donors (Lipinski definition) is 2. The molecule has 2 aromatic heterocycles. The van der Waals surface area contributed by atoms with Crippen molar-refractivity contribution in [3.63, 3.8) is 0 Å². The van der Waals surface area contributed by atoms with E-state index in [1.54, 1.807) is 42.5 Å². The number of hydrogen-bond acceptors (Lipinski definition) is 7. The predicted molar refractivity (Wildman–Crippen MR) is 107 cm³/mol. The van der Waals surface area contributed by atoms with E-state index in [2.05, 4.69) is 25.2 Å². The maximum Gasteiger partial charge on any atom is 0.257 e. The number of fused-ring (bicyclic) bond motifs is 1. The van der Waals surface area contributed by atoms with E-state index < -0.39 is 17.3 Å². The fraction of sp³-hybridized carbons (Fsp3) is 0.182. The van der Waals surface area contributed by atoms with Gasteiger partial charge in [0.2, 0.25) is 5.88 Å². The molecule has 1 aliphatic carbocycles. The van der Waals surface area contributed by atoms with E-state index in [1.807, 2.05) is 0 Å². The largest absolute Gasteiger partial charge is 0.438 e. The zero-order valence-corrected chi connectivity index (χ0v) is 16.2. The number of carbonyl (C=O) groups is 1. The Morgan fingerprint density at radius 1 is 1.16 bits per heavy atom. The van der Waals surface area contributed by atoms with Crippen LogP contribution in [0.5, 0.6) is 11.6 Å². The number of amides is 1. The molecule has 9 heteroatoms. The summed E-state index contributed by atoms with van der Waals surface area (Å²) >= 11 is 0. The third-order valence-corrected chi connectivity index (χ3v) is 5.21. The highest BCUT2D eigenvalue weighted by molar-refractivity contribution is 5.96. The zero-order valence-electron chi connectivity index (χ0n) is 16.2. The van der Waals surface area contributed by atoms with Gasteiger partial charge in [-0.3, -0.25) is 4.79 Å². The lowest BCUT2D eigenvalue weighted by molar-refractivity contribution is 0.0947. The average Bonchev–Trinajstić information content (AvgIpc) is 3.35. The number of nitrogens with one attached hydrogen (secondary N) is 1. The highest BCUT2D eigenvalue weighted by Crippen LogP contribution is 2.45. The number of aromatic nitrogens is 3. The summed E-state index contributed by atoms with van der Waals surface area (Å²) in [5.41, 5.74) is 1.25. The molecule has 2 N–H and O–H groups in total. The summed E-state index contributed by atoms with van der Waals surface area (Å²) < 4.78 is 24.8. The van der Waals surface area contributed by atoms with Gasteiger partial charge in [-0.15, -0.1) is 0 Å². The van der Waals surface area contributed by atoms with Gasteiger partial charge >= 0.3 is 0 Å². The molecule has 1 fully saturated rings. The average molecular weight is 420 g/mol. The molecule has 4 aromatic rings. The second-order valence-electron chi connectivity index (χ2n) is 7.39. The predicted octanol–water partition coefficient (Wildman–Crippen LogP) is 3.46. The molecule has 31 heavy (non-hydrogen) atoms. The van der Waals surface area contributed by atoms with Gasteiger partial charge in [-0.05, 0) is 59.1 Å². The van der Waals surface area contributed by atoms with Gasteiger partial charge in [-0.2, -0.15) is 0 Å².